The van der Waals surface area contributed by atoms with E-state index in [9.17, 15) is 4.79 Å². The Labute approximate surface area is 117 Å². The van der Waals surface area contributed by atoms with Gasteiger partial charge in [-0.2, -0.15) is 5.10 Å². The van der Waals surface area contributed by atoms with E-state index in [0.717, 1.165) is 12.1 Å². The standard InChI is InChI=1S/C15H16N4O/c1-2-3-4-10-17-15(20)14-9-11-19(18-14)13-7-5-12(16)6-8-13/h1,5-9,11H,3-4,10,16H2,(H,17,20). The maximum Gasteiger partial charge on any atom is 0.271 e. The van der Waals surface area contributed by atoms with Crippen molar-refractivity contribution in [3.8, 4) is 18.0 Å². The zero-order valence-electron chi connectivity index (χ0n) is 11.0. The Balaban J connectivity index is 2.00. The van der Waals surface area contributed by atoms with Gasteiger partial charge in [0.1, 0.15) is 0 Å². The predicted molar refractivity (Wildman–Crippen MR) is 78.4 cm³/mol. The van der Waals surface area contributed by atoms with Crippen LogP contribution in [0.1, 0.15) is 23.3 Å². The van der Waals surface area contributed by atoms with E-state index in [1.165, 1.54) is 0 Å². The van der Waals surface area contributed by atoms with Gasteiger partial charge in [0.2, 0.25) is 0 Å². The lowest BCUT2D eigenvalue weighted by Crippen LogP contribution is -2.24. The quantitative estimate of drug-likeness (QED) is 0.491. The number of nitrogen functional groups attached to an aromatic ring is 1. The molecule has 2 rings (SSSR count). The van der Waals surface area contributed by atoms with Crippen LogP contribution in [0.5, 0.6) is 0 Å². The van der Waals surface area contributed by atoms with Crippen LogP contribution in [0.2, 0.25) is 0 Å². The molecule has 1 aromatic heterocycles. The van der Waals surface area contributed by atoms with Gasteiger partial charge in [-0.3, -0.25) is 4.79 Å². The molecule has 0 bridgehead atoms. The van der Waals surface area contributed by atoms with Crippen LogP contribution in [0, 0.1) is 12.3 Å². The van der Waals surface area contributed by atoms with Gasteiger partial charge >= 0.3 is 0 Å². The summed E-state index contributed by atoms with van der Waals surface area (Å²) in [6.07, 6.45) is 8.30. The number of carbonyl (C=O) groups excluding carboxylic acids is 1. The average molecular weight is 268 g/mol. The van der Waals surface area contributed by atoms with E-state index >= 15 is 0 Å². The molecule has 0 aliphatic carbocycles. The third kappa shape index (κ3) is 3.39. The number of benzene rings is 1. The molecule has 0 saturated heterocycles. The molecular weight excluding hydrogens is 252 g/mol. The topological polar surface area (TPSA) is 72.9 Å². The number of nitrogens with two attached hydrogens (primary N) is 1. The average Bonchev–Trinajstić information content (AvgIpc) is 2.94. The number of rotatable bonds is 5. The number of amides is 1. The maximum atomic E-state index is 11.8. The van der Waals surface area contributed by atoms with Gasteiger partial charge in [-0.1, -0.05) is 0 Å². The minimum absolute atomic E-state index is 0.198. The number of hydrogen-bond acceptors (Lipinski definition) is 3. The summed E-state index contributed by atoms with van der Waals surface area (Å²) >= 11 is 0. The molecule has 0 aliphatic heterocycles. The van der Waals surface area contributed by atoms with Crippen molar-refractivity contribution in [2.45, 2.75) is 12.8 Å². The summed E-state index contributed by atoms with van der Waals surface area (Å²) in [6.45, 7) is 0.553. The number of nitrogens with one attached hydrogen (secondary N) is 1. The van der Waals surface area contributed by atoms with Gasteiger partial charge in [0.25, 0.3) is 5.91 Å². The van der Waals surface area contributed by atoms with Gasteiger partial charge in [-0.25, -0.2) is 4.68 Å². The fourth-order valence-corrected chi connectivity index (χ4v) is 1.70. The molecule has 0 spiro atoms. The van der Waals surface area contributed by atoms with Crippen LogP contribution in [-0.2, 0) is 0 Å². The largest absolute Gasteiger partial charge is 0.399 e. The van der Waals surface area contributed by atoms with Crippen molar-refractivity contribution in [1.82, 2.24) is 15.1 Å². The van der Waals surface area contributed by atoms with E-state index in [-0.39, 0.29) is 5.91 Å². The monoisotopic (exact) mass is 268 g/mol. The van der Waals surface area contributed by atoms with Gasteiger partial charge in [0.05, 0.1) is 5.69 Å². The van der Waals surface area contributed by atoms with Crippen LogP contribution < -0.4 is 11.1 Å². The van der Waals surface area contributed by atoms with E-state index in [0.29, 0.717) is 24.3 Å². The molecule has 0 atom stereocenters. The van der Waals surface area contributed by atoms with Crippen molar-refractivity contribution in [3.63, 3.8) is 0 Å². The number of terminal acetylenes is 1. The molecule has 0 aliphatic rings. The Kier molecular flexibility index (Phi) is 4.40. The van der Waals surface area contributed by atoms with E-state index < -0.39 is 0 Å². The molecule has 0 unspecified atom stereocenters. The van der Waals surface area contributed by atoms with Crippen LogP contribution in [0.25, 0.3) is 5.69 Å². The SMILES string of the molecule is C#CCCCNC(=O)c1ccn(-c2ccc(N)cc2)n1. The summed E-state index contributed by atoms with van der Waals surface area (Å²) in [6, 6.07) is 8.94. The number of hydrogen-bond donors (Lipinski definition) is 2. The third-order valence-electron chi connectivity index (χ3n) is 2.76. The van der Waals surface area contributed by atoms with E-state index in [1.807, 2.05) is 12.1 Å². The van der Waals surface area contributed by atoms with Crippen LogP contribution in [0.4, 0.5) is 5.69 Å². The first kappa shape index (κ1) is 13.7. The summed E-state index contributed by atoms with van der Waals surface area (Å²) < 4.78 is 1.63. The van der Waals surface area contributed by atoms with Gasteiger partial charge in [-0.15, -0.1) is 12.3 Å². The highest BCUT2D eigenvalue weighted by Crippen LogP contribution is 2.10. The molecule has 1 aromatic carbocycles. The highest BCUT2D eigenvalue weighted by atomic mass is 16.1. The van der Waals surface area contributed by atoms with Crippen molar-refractivity contribution in [2.24, 2.45) is 0 Å². The molecular formula is C15H16N4O. The van der Waals surface area contributed by atoms with Crippen LogP contribution >= 0.6 is 0 Å². The first-order valence-electron chi connectivity index (χ1n) is 6.34. The van der Waals surface area contributed by atoms with E-state index in [2.05, 4.69) is 16.3 Å². The van der Waals surface area contributed by atoms with Gasteiger partial charge in [0.15, 0.2) is 5.69 Å². The molecule has 5 nitrogen and oxygen atoms in total. The number of unbranched alkanes of at least 4 members (excludes halogenated alkanes) is 1. The molecule has 1 amide bonds. The zero-order chi connectivity index (χ0) is 14.4. The lowest BCUT2D eigenvalue weighted by atomic mass is 10.3. The minimum Gasteiger partial charge on any atom is -0.399 e. The summed E-state index contributed by atoms with van der Waals surface area (Å²) in [5.74, 6) is 2.33. The minimum atomic E-state index is -0.198. The Morgan fingerprint density at radius 1 is 1.35 bits per heavy atom. The molecule has 102 valence electrons. The fourth-order valence-electron chi connectivity index (χ4n) is 1.70. The van der Waals surface area contributed by atoms with Crippen molar-refractivity contribution in [1.29, 1.82) is 0 Å². The normalized spacial score (nSPS) is 9.95. The van der Waals surface area contributed by atoms with Crippen molar-refractivity contribution >= 4 is 11.6 Å². The Morgan fingerprint density at radius 2 is 2.10 bits per heavy atom. The Bertz CT molecular complexity index is 622. The number of anilines is 1. The van der Waals surface area contributed by atoms with Crippen molar-refractivity contribution < 1.29 is 4.79 Å². The van der Waals surface area contributed by atoms with Crippen LogP contribution in [-0.4, -0.2) is 22.2 Å². The predicted octanol–water partition coefficient (Wildman–Crippen LogP) is 1.60. The number of nitrogens with zero attached hydrogens (tertiary/aromatic N) is 2. The van der Waals surface area contributed by atoms with E-state index in [4.69, 9.17) is 12.2 Å². The summed E-state index contributed by atoms with van der Waals surface area (Å²) in [5, 5.41) is 7.01. The smallest absolute Gasteiger partial charge is 0.271 e. The highest BCUT2D eigenvalue weighted by molar-refractivity contribution is 5.92. The lowest BCUT2D eigenvalue weighted by molar-refractivity contribution is 0.0948. The Hall–Kier alpha value is -2.74. The molecule has 0 radical (unpaired) electrons. The van der Waals surface area contributed by atoms with Gasteiger partial charge in [0, 0.05) is 24.8 Å². The molecule has 0 saturated carbocycles. The number of aromatic nitrogens is 2. The highest BCUT2D eigenvalue weighted by Gasteiger charge is 2.09. The molecule has 2 aromatic rings. The number of carbonyl (C=O) groups is 1. The molecule has 0 fully saturated rings. The molecule has 20 heavy (non-hydrogen) atoms. The fraction of sp³-hybridized carbons (Fsp3) is 0.200. The lowest BCUT2D eigenvalue weighted by Gasteiger charge is -2.02. The first-order valence-corrected chi connectivity index (χ1v) is 6.34. The summed E-state index contributed by atoms with van der Waals surface area (Å²) in [5.41, 5.74) is 7.55. The second kappa shape index (κ2) is 6.43. The molecule has 1 heterocycles. The zero-order valence-corrected chi connectivity index (χ0v) is 11.0. The van der Waals surface area contributed by atoms with Crippen LogP contribution in [0.3, 0.4) is 0 Å². The Morgan fingerprint density at radius 3 is 2.80 bits per heavy atom. The van der Waals surface area contributed by atoms with Crippen molar-refractivity contribution in [3.05, 3.63) is 42.2 Å². The maximum absolute atomic E-state index is 11.8. The van der Waals surface area contributed by atoms with Gasteiger partial charge < -0.3 is 11.1 Å². The molecule has 5 heteroatoms. The van der Waals surface area contributed by atoms with Gasteiger partial charge in [-0.05, 0) is 36.8 Å². The first-order chi connectivity index (χ1) is 9.70. The van der Waals surface area contributed by atoms with E-state index in [1.54, 1.807) is 29.1 Å². The second-order valence-electron chi connectivity index (χ2n) is 4.30. The molecule has 3 N–H and O–H groups in total. The van der Waals surface area contributed by atoms with Crippen LogP contribution in [0.15, 0.2) is 36.5 Å². The summed E-state index contributed by atoms with van der Waals surface area (Å²) in [4.78, 5) is 11.8. The third-order valence-corrected chi connectivity index (χ3v) is 2.76. The van der Waals surface area contributed by atoms with Crippen molar-refractivity contribution in [2.75, 3.05) is 12.3 Å². The second-order valence-corrected chi connectivity index (χ2v) is 4.30. The summed E-state index contributed by atoms with van der Waals surface area (Å²) in [7, 11) is 0.